The molecule has 0 spiro atoms. The maximum Gasteiger partial charge on any atom is 0.317 e. The zero-order valence-electron chi connectivity index (χ0n) is 9.41. The fourth-order valence-corrected chi connectivity index (χ4v) is 1.73. The van der Waals surface area contributed by atoms with Crippen LogP contribution >= 0.6 is 0 Å². The van der Waals surface area contributed by atoms with Gasteiger partial charge >= 0.3 is 6.03 Å². The van der Waals surface area contributed by atoms with Gasteiger partial charge in [0.2, 0.25) is 0 Å². The van der Waals surface area contributed by atoms with E-state index >= 15 is 0 Å². The van der Waals surface area contributed by atoms with Gasteiger partial charge in [-0.2, -0.15) is 0 Å². The van der Waals surface area contributed by atoms with Crippen molar-refractivity contribution in [3.63, 3.8) is 0 Å². The molecule has 1 aliphatic rings. The minimum Gasteiger partial charge on any atom is -0.396 e. The van der Waals surface area contributed by atoms with E-state index in [0.29, 0.717) is 6.54 Å². The molecule has 2 N–H and O–H groups in total. The molecule has 0 bridgehead atoms. The Bertz CT molecular complexity index is 191. The van der Waals surface area contributed by atoms with E-state index < -0.39 is 0 Å². The molecule has 5 heteroatoms. The molecule has 1 saturated heterocycles. The molecule has 0 aromatic heterocycles. The Balaban J connectivity index is 2.20. The number of nitrogens with one attached hydrogen (secondary N) is 1. The Morgan fingerprint density at radius 3 is 2.53 bits per heavy atom. The normalized spacial score (nSPS) is 17.9. The fourth-order valence-electron chi connectivity index (χ4n) is 1.73. The molecule has 0 radical (unpaired) electrons. The summed E-state index contributed by atoms with van der Waals surface area (Å²) < 4.78 is 0. The van der Waals surface area contributed by atoms with Gasteiger partial charge in [-0.25, -0.2) is 4.79 Å². The van der Waals surface area contributed by atoms with Gasteiger partial charge in [-0.15, -0.1) is 0 Å². The van der Waals surface area contributed by atoms with Crippen LogP contribution in [0.2, 0.25) is 0 Å². The van der Waals surface area contributed by atoms with Gasteiger partial charge in [-0.1, -0.05) is 0 Å². The van der Waals surface area contributed by atoms with Crippen LogP contribution in [0.4, 0.5) is 4.79 Å². The molecule has 0 aromatic carbocycles. The quantitative estimate of drug-likeness (QED) is 0.678. The van der Waals surface area contributed by atoms with Gasteiger partial charge < -0.3 is 15.3 Å². The molecule has 1 fully saturated rings. The minimum absolute atomic E-state index is 0.0410. The van der Waals surface area contributed by atoms with Crippen LogP contribution in [0.25, 0.3) is 0 Å². The predicted molar refractivity (Wildman–Crippen MR) is 58.8 cm³/mol. The molecule has 0 saturated carbocycles. The third-order valence-corrected chi connectivity index (χ3v) is 2.62. The Morgan fingerprint density at radius 1 is 1.33 bits per heavy atom. The van der Waals surface area contributed by atoms with E-state index in [1.54, 1.807) is 0 Å². The molecular formula is C10H21N3O2. The highest BCUT2D eigenvalue weighted by Gasteiger charge is 2.19. The summed E-state index contributed by atoms with van der Waals surface area (Å²) in [6, 6.07) is 0.0410. The molecule has 2 amide bonds. The SMILES string of the molecule is CCNC(=O)N1CCN(CCCO)CC1. The fraction of sp³-hybridized carbons (Fsp3) is 0.900. The van der Waals surface area contributed by atoms with Crippen molar-refractivity contribution in [1.29, 1.82) is 0 Å². The van der Waals surface area contributed by atoms with Crippen molar-refractivity contribution < 1.29 is 9.90 Å². The number of amides is 2. The average molecular weight is 215 g/mol. The van der Waals surface area contributed by atoms with Crippen LogP contribution in [0, 0.1) is 0 Å². The van der Waals surface area contributed by atoms with Crippen LogP contribution in [0.15, 0.2) is 0 Å². The number of aliphatic hydroxyl groups is 1. The number of piperazine rings is 1. The summed E-state index contributed by atoms with van der Waals surface area (Å²) in [4.78, 5) is 15.6. The molecule has 5 nitrogen and oxygen atoms in total. The number of rotatable bonds is 4. The molecule has 88 valence electrons. The maximum atomic E-state index is 11.5. The van der Waals surface area contributed by atoms with Crippen molar-refractivity contribution in [2.75, 3.05) is 45.9 Å². The molecule has 15 heavy (non-hydrogen) atoms. The van der Waals surface area contributed by atoms with Crippen molar-refractivity contribution in [3.8, 4) is 0 Å². The van der Waals surface area contributed by atoms with Crippen molar-refractivity contribution in [1.82, 2.24) is 15.1 Å². The predicted octanol–water partition coefficient (Wildman–Crippen LogP) is -0.284. The smallest absolute Gasteiger partial charge is 0.317 e. The molecule has 0 aliphatic carbocycles. The summed E-state index contributed by atoms with van der Waals surface area (Å²) in [5, 5.41) is 11.5. The lowest BCUT2D eigenvalue weighted by atomic mass is 10.3. The lowest BCUT2D eigenvalue weighted by Crippen LogP contribution is -2.51. The lowest BCUT2D eigenvalue weighted by Gasteiger charge is -2.34. The van der Waals surface area contributed by atoms with Crippen molar-refractivity contribution in [2.45, 2.75) is 13.3 Å². The van der Waals surface area contributed by atoms with Gasteiger partial charge in [0.15, 0.2) is 0 Å². The number of hydrogen-bond acceptors (Lipinski definition) is 3. The summed E-state index contributed by atoms with van der Waals surface area (Å²) in [5.74, 6) is 0. The Hall–Kier alpha value is -0.810. The number of carbonyl (C=O) groups is 1. The second kappa shape index (κ2) is 6.63. The third kappa shape index (κ3) is 4.05. The van der Waals surface area contributed by atoms with Crippen molar-refractivity contribution >= 4 is 6.03 Å². The van der Waals surface area contributed by atoms with Crippen molar-refractivity contribution in [3.05, 3.63) is 0 Å². The zero-order valence-corrected chi connectivity index (χ0v) is 9.41. The Morgan fingerprint density at radius 2 is 2.00 bits per heavy atom. The van der Waals surface area contributed by atoms with E-state index in [1.165, 1.54) is 0 Å². The van der Waals surface area contributed by atoms with Crippen molar-refractivity contribution in [2.24, 2.45) is 0 Å². The van der Waals surface area contributed by atoms with Crippen LogP contribution in [-0.4, -0.2) is 66.8 Å². The molecule has 0 atom stereocenters. The highest BCUT2D eigenvalue weighted by atomic mass is 16.3. The van der Waals surface area contributed by atoms with Gasteiger partial charge in [0.25, 0.3) is 0 Å². The van der Waals surface area contributed by atoms with Crippen LogP contribution in [0.1, 0.15) is 13.3 Å². The molecular weight excluding hydrogens is 194 g/mol. The van der Waals surface area contributed by atoms with Gasteiger partial charge in [-0.05, 0) is 13.3 Å². The summed E-state index contributed by atoms with van der Waals surface area (Å²) in [6.07, 6.45) is 0.821. The second-order valence-corrected chi connectivity index (χ2v) is 3.74. The molecule has 1 aliphatic heterocycles. The summed E-state index contributed by atoms with van der Waals surface area (Å²) in [7, 11) is 0. The molecule has 0 aromatic rings. The monoisotopic (exact) mass is 215 g/mol. The largest absolute Gasteiger partial charge is 0.396 e. The van der Waals surface area contributed by atoms with Gasteiger partial charge in [0, 0.05) is 45.9 Å². The highest BCUT2D eigenvalue weighted by Crippen LogP contribution is 2.02. The van der Waals surface area contributed by atoms with E-state index in [9.17, 15) is 4.79 Å². The number of hydrogen-bond donors (Lipinski definition) is 2. The number of nitrogens with zero attached hydrogens (tertiary/aromatic N) is 2. The molecule has 0 unspecified atom stereocenters. The highest BCUT2D eigenvalue weighted by molar-refractivity contribution is 5.74. The van der Waals surface area contributed by atoms with E-state index in [-0.39, 0.29) is 12.6 Å². The summed E-state index contributed by atoms with van der Waals surface area (Å²) in [6.45, 7) is 7.19. The minimum atomic E-state index is 0.0410. The third-order valence-electron chi connectivity index (χ3n) is 2.62. The first-order valence-electron chi connectivity index (χ1n) is 5.64. The first-order chi connectivity index (χ1) is 7.27. The van der Waals surface area contributed by atoms with Gasteiger partial charge in [-0.3, -0.25) is 4.90 Å². The Kier molecular flexibility index (Phi) is 5.42. The van der Waals surface area contributed by atoms with E-state index in [1.807, 2.05) is 11.8 Å². The second-order valence-electron chi connectivity index (χ2n) is 3.74. The molecule has 1 heterocycles. The van der Waals surface area contributed by atoms with Crippen LogP contribution in [-0.2, 0) is 0 Å². The number of urea groups is 1. The van der Waals surface area contributed by atoms with E-state index in [2.05, 4.69) is 10.2 Å². The van der Waals surface area contributed by atoms with E-state index in [4.69, 9.17) is 5.11 Å². The average Bonchev–Trinajstić information content (AvgIpc) is 2.27. The summed E-state index contributed by atoms with van der Waals surface area (Å²) >= 11 is 0. The number of carbonyl (C=O) groups excluding carboxylic acids is 1. The zero-order chi connectivity index (χ0) is 11.1. The number of aliphatic hydroxyl groups excluding tert-OH is 1. The van der Waals surface area contributed by atoms with E-state index in [0.717, 1.165) is 39.1 Å². The first kappa shape index (κ1) is 12.3. The molecule has 1 rings (SSSR count). The van der Waals surface area contributed by atoms with Crippen LogP contribution in [0.3, 0.4) is 0 Å². The van der Waals surface area contributed by atoms with Gasteiger partial charge in [0.05, 0.1) is 0 Å². The maximum absolute atomic E-state index is 11.5. The topological polar surface area (TPSA) is 55.8 Å². The first-order valence-corrected chi connectivity index (χ1v) is 5.64. The standard InChI is InChI=1S/C10H21N3O2/c1-2-11-10(15)13-7-5-12(6-8-13)4-3-9-14/h14H,2-9H2,1H3,(H,11,15). The summed E-state index contributed by atoms with van der Waals surface area (Å²) in [5.41, 5.74) is 0. The van der Waals surface area contributed by atoms with Gasteiger partial charge in [0.1, 0.15) is 0 Å². The van der Waals surface area contributed by atoms with Crippen LogP contribution < -0.4 is 5.32 Å². The van der Waals surface area contributed by atoms with Crippen LogP contribution in [0.5, 0.6) is 0 Å². The Labute approximate surface area is 91.0 Å². The lowest BCUT2D eigenvalue weighted by molar-refractivity contribution is 0.133.